The van der Waals surface area contributed by atoms with E-state index in [2.05, 4.69) is 10.3 Å². The Hall–Kier alpha value is -2.56. The van der Waals surface area contributed by atoms with E-state index in [9.17, 15) is 4.79 Å². The molecule has 2 rings (SSSR count). The fraction of sp³-hybridized carbons (Fsp3) is 0.143. The van der Waals surface area contributed by atoms with Crippen molar-refractivity contribution in [1.29, 1.82) is 0 Å². The molecular weight excluding hydrogens is 240 g/mol. The fourth-order valence-electron chi connectivity index (χ4n) is 1.81. The molecule has 0 saturated carbocycles. The first-order chi connectivity index (χ1) is 9.16. The number of carbonyl (C=O) groups excluding carboxylic acids is 1. The molecule has 0 saturated heterocycles. The summed E-state index contributed by atoms with van der Waals surface area (Å²) in [6.45, 7) is 0.688. The number of amides is 1. The topological polar surface area (TPSA) is 94.0 Å². The van der Waals surface area contributed by atoms with Gasteiger partial charge in [0.15, 0.2) is 0 Å². The van der Waals surface area contributed by atoms with E-state index in [0.717, 1.165) is 6.42 Å². The number of aromatic nitrogens is 1. The van der Waals surface area contributed by atoms with E-state index in [1.807, 2.05) is 12.1 Å². The minimum absolute atomic E-state index is 0.448. The van der Waals surface area contributed by atoms with Gasteiger partial charge in [-0.2, -0.15) is 0 Å². The molecule has 0 radical (unpaired) electrons. The lowest BCUT2D eigenvalue weighted by atomic mass is 10.1. The number of nitrogens with two attached hydrogens (primary N) is 2. The number of pyridine rings is 1. The van der Waals surface area contributed by atoms with E-state index in [1.54, 1.807) is 30.6 Å². The summed E-state index contributed by atoms with van der Waals surface area (Å²) in [5, 5.41) is 3.18. The molecule has 1 aromatic heterocycles. The van der Waals surface area contributed by atoms with Gasteiger partial charge in [0.2, 0.25) is 0 Å². The summed E-state index contributed by atoms with van der Waals surface area (Å²) in [6, 6.07) is 8.92. The Bertz CT molecular complexity index is 569. The summed E-state index contributed by atoms with van der Waals surface area (Å²) in [5.74, 6) is -0.466. The number of nitrogens with zero attached hydrogens (tertiary/aromatic N) is 1. The van der Waals surface area contributed by atoms with Crippen LogP contribution in [0.5, 0.6) is 0 Å². The van der Waals surface area contributed by atoms with Gasteiger partial charge in [0.1, 0.15) is 0 Å². The van der Waals surface area contributed by atoms with E-state index < -0.39 is 5.91 Å². The zero-order valence-corrected chi connectivity index (χ0v) is 10.5. The Morgan fingerprint density at radius 2 is 1.95 bits per heavy atom. The average molecular weight is 256 g/mol. The highest BCUT2D eigenvalue weighted by Gasteiger charge is 2.07. The number of carbonyl (C=O) groups is 1. The number of anilines is 2. The molecule has 0 aliphatic carbocycles. The van der Waals surface area contributed by atoms with E-state index >= 15 is 0 Å². The number of nitrogens with one attached hydrogen (secondary N) is 1. The zero-order valence-electron chi connectivity index (χ0n) is 10.5. The second-order valence-electron chi connectivity index (χ2n) is 4.20. The number of benzene rings is 1. The number of hydrogen-bond acceptors (Lipinski definition) is 4. The lowest BCUT2D eigenvalue weighted by Crippen LogP contribution is -2.15. The number of nitrogen functional groups attached to an aromatic ring is 1. The second-order valence-corrected chi connectivity index (χ2v) is 4.20. The lowest BCUT2D eigenvalue weighted by Gasteiger charge is -2.11. The molecule has 98 valence electrons. The van der Waals surface area contributed by atoms with Crippen LogP contribution in [0.1, 0.15) is 15.9 Å². The maximum Gasteiger partial charge on any atom is 0.250 e. The molecule has 1 aromatic carbocycles. The van der Waals surface area contributed by atoms with Crippen LogP contribution in [0.3, 0.4) is 0 Å². The third-order valence-electron chi connectivity index (χ3n) is 2.79. The van der Waals surface area contributed by atoms with E-state index in [-0.39, 0.29) is 0 Å². The van der Waals surface area contributed by atoms with Crippen LogP contribution in [0.15, 0.2) is 42.7 Å². The Labute approximate surface area is 111 Å². The normalized spacial score (nSPS) is 10.1. The monoisotopic (exact) mass is 256 g/mol. The molecule has 2 aromatic rings. The van der Waals surface area contributed by atoms with Gasteiger partial charge in [0.05, 0.1) is 5.56 Å². The molecular formula is C14H16N4O. The minimum Gasteiger partial charge on any atom is -0.399 e. The maximum atomic E-state index is 11.3. The first-order valence-electron chi connectivity index (χ1n) is 5.99. The summed E-state index contributed by atoms with van der Waals surface area (Å²) < 4.78 is 0. The van der Waals surface area contributed by atoms with Crippen molar-refractivity contribution in [2.45, 2.75) is 6.42 Å². The van der Waals surface area contributed by atoms with Crippen molar-refractivity contribution in [2.75, 3.05) is 17.6 Å². The van der Waals surface area contributed by atoms with Crippen LogP contribution in [0.4, 0.5) is 11.4 Å². The summed E-state index contributed by atoms with van der Waals surface area (Å²) in [6.07, 6.45) is 4.34. The van der Waals surface area contributed by atoms with Gasteiger partial charge in [-0.25, -0.2) is 0 Å². The van der Waals surface area contributed by atoms with Crippen molar-refractivity contribution in [3.8, 4) is 0 Å². The summed E-state index contributed by atoms with van der Waals surface area (Å²) in [5.41, 5.74) is 13.9. The molecule has 0 aliphatic heterocycles. The molecule has 19 heavy (non-hydrogen) atoms. The molecule has 0 bridgehead atoms. The molecule has 1 amide bonds. The smallest absolute Gasteiger partial charge is 0.250 e. The Morgan fingerprint density at radius 3 is 2.63 bits per heavy atom. The minimum atomic E-state index is -0.466. The SMILES string of the molecule is NC(=O)c1ccc(N)cc1NCCc1ccncc1. The number of hydrogen-bond donors (Lipinski definition) is 3. The Kier molecular flexibility index (Phi) is 3.97. The summed E-state index contributed by atoms with van der Waals surface area (Å²) >= 11 is 0. The molecule has 5 heteroatoms. The molecule has 0 fully saturated rings. The van der Waals surface area contributed by atoms with Crippen molar-refractivity contribution in [3.05, 3.63) is 53.9 Å². The van der Waals surface area contributed by atoms with Crippen molar-refractivity contribution in [3.63, 3.8) is 0 Å². The zero-order chi connectivity index (χ0) is 13.7. The number of primary amides is 1. The standard InChI is InChI=1S/C14H16N4O/c15-11-1-2-12(14(16)19)13(9-11)18-8-5-10-3-6-17-7-4-10/h1-4,6-7,9,18H,5,8,15H2,(H2,16,19). The predicted octanol–water partition coefficient (Wildman–Crippen LogP) is 1.42. The van der Waals surface area contributed by atoms with E-state index in [4.69, 9.17) is 11.5 Å². The molecule has 1 heterocycles. The molecule has 5 N–H and O–H groups in total. The molecule has 5 nitrogen and oxygen atoms in total. The maximum absolute atomic E-state index is 11.3. The van der Waals surface area contributed by atoms with Crippen molar-refractivity contribution < 1.29 is 4.79 Å². The van der Waals surface area contributed by atoms with Crippen LogP contribution < -0.4 is 16.8 Å². The predicted molar refractivity (Wildman–Crippen MR) is 75.8 cm³/mol. The van der Waals surface area contributed by atoms with Gasteiger partial charge in [0, 0.05) is 30.3 Å². The third kappa shape index (κ3) is 3.45. The summed E-state index contributed by atoms with van der Waals surface area (Å²) in [4.78, 5) is 15.3. The van der Waals surface area contributed by atoms with Gasteiger partial charge in [0.25, 0.3) is 5.91 Å². The summed E-state index contributed by atoms with van der Waals surface area (Å²) in [7, 11) is 0. The van der Waals surface area contributed by atoms with Crippen molar-refractivity contribution >= 4 is 17.3 Å². The Morgan fingerprint density at radius 1 is 1.21 bits per heavy atom. The highest BCUT2D eigenvalue weighted by molar-refractivity contribution is 5.99. The second kappa shape index (κ2) is 5.86. The van der Waals surface area contributed by atoms with Gasteiger partial charge in [-0.1, -0.05) is 0 Å². The van der Waals surface area contributed by atoms with Crippen LogP contribution in [-0.2, 0) is 6.42 Å². The first kappa shape index (κ1) is 12.9. The van der Waals surface area contributed by atoms with Crippen LogP contribution in [-0.4, -0.2) is 17.4 Å². The van der Waals surface area contributed by atoms with Crippen molar-refractivity contribution in [1.82, 2.24) is 4.98 Å². The largest absolute Gasteiger partial charge is 0.399 e. The lowest BCUT2D eigenvalue weighted by molar-refractivity contribution is 0.100. The average Bonchev–Trinajstić information content (AvgIpc) is 2.39. The Balaban J connectivity index is 2.03. The van der Waals surface area contributed by atoms with E-state index in [0.29, 0.717) is 23.5 Å². The number of rotatable bonds is 5. The fourth-order valence-corrected chi connectivity index (χ4v) is 1.81. The van der Waals surface area contributed by atoms with Crippen LogP contribution >= 0.6 is 0 Å². The van der Waals surface area contributed by atoms with Crippen LogP contribution in [0, 0.1) is 0 Å². The van der Waals surface area contributed by atoms with E-state index in [1.165, 1.54) is 5.56 Å². The van der Waals surface area contributed by atoms with Gasteiger partial charge in [-0.05, 0) is 42.3 Å². The highest BCUT2D eigenvalue weighted by Crippen LogP contribution is 2.18. The molecule has 0 aliphatic rings. The molecule has 0 spiro atoms. The molecule has 0 unspecified atom stereocenters. The van der Waals surface area contributed by atoms with Gasteiger partial charge < -0.3 is 16.8 Å². The van der Waals surface area contributed by atoms with Gasteiger partial charge in [-0.15, -0.1) is 0 Å². The quantitative estimate of drug-likeness (QED) is 0.705. The molecule has 0 atom stereocenters. The van der Waals surface area contributed by atoms with Gasteiger partial charge >= 0.3 is 0 Å². The van der Waals surface area contributed by atoms with Crippen molar-refractivity contribution in [2.24, 2.45) is 5.73 Å². The highest BCUT2D eigenvalue weighted by atomic mass is 16.1. The van der Waals surface area contributed by atoms with Gasteiger partial charge in [-0.3, -0.25) is 9.78 Å². The van der Waals surface area contributed by atoms with Crippen LogP contribution in [0.2, 0.25) is 0 Å². The first-order valence-corrected chi connectivity index (χ1v) is 5.99. The third-order valence-corrected chi connectivity index (χ3v) is 2.79. The van der Waals surface area contributed by atoms with Crippen LogP contribution in [0.25, 0.3) is 0 Å².